The maximum Gasteiger partial charge on any atom is 0.433 e. The van der Waals surface area contributed by atoms with Crippen molar-refractivity contribution in [2.24, 2.45) is 5.73 Å². The highest BCUT2D eigenvalue weighted by atomic mass is 32.2. The second-order valence-electron chi connectivity index (χ2n) is 7.56. The molecular formula is C21H21N5O7S2. The zero-order valence-corrected chi connectivity index (χ0v) is 19.8. The lowest BCUT2D eigenvalue weighted by Gasteiger charge is -2.28. The monoisotopic (exact) mass is 519 g/mol. The van der Waals surface area contributed by atoms with Gasteiger partial charge in [0, 0.05) is 26.2 Å². The SMILES string of the molecule is NCc1cccc(CNC(=O)C2N(C(=O)c3ccc([N+](=O)[O-])o3)CCN2S(=O)(=O)c2cccs2)c1. The zero-order chi connectivity index (χ0) is 25.2. The van der Waals surface area contributed by atoms with Crippen LogP contribution in [0, 0.1) is 10.1 Å². The van der Waals surface area contributed by atoms with Crippen LogP contribution >= 0.6 is 11.3 Å². The van der Waals surface area contributed by atoms with Crippen molar-refractivity contribution in [3.05, 3.63) is 80.9 Å². The van der Waals surface area contributed by atoms with Crippen molar-refractivity contribution in [3.8, 4) is 0 Å². The number of nitrogens with one attached hydrogen (secondary N) is 1. The fraction of sp³-hybridized carbons (Fsp3) is 0.238. The summed E-state index contributed by atoms with van der Waals surface area (Å²) in [7, 11) is -4.10. The Balaban J connectivity index is 1.63. The van der Waals surface area contributed by atoms with Crippen molar-refractivity contribution in [1.29, 1.82) is 0 Å². The maximum absolute atomic E-state index is 13.3. The maximum atomic E-state index is 13.3. The largest absolute Gasteiger partial charge is 0.433 e. The lowest BCUT2D eigenvalue weighted by molar-refractivity contribution is -0.402. The molecule has 35 heavy (non-hydrogen) atoms. The van der Waals surface area contributed by atoms with E-state index in [1.807, 2.05) is 6.07 Å². The molecule has 0 bridgehead atoms. The summed E-state index contributed by atoms with van der Waals surface area (Å²) in [5, 5.41) is 15.2. The molecule has 0 radical (unpaired) electrons. The van der Waals surface area contributed by atoms with Crippen molar-refractivity contribution in [1.82, 2.24) is 14.5 Å². The molecule has 0 saturated carbocycles. The highest BCUT2D eigenvalue weighted by Gasteiger charge is 2.47. The second kappa shape index (κ2) is 9.95. The van der Waals surface area contributed by atoms with Gasteiger partial charge in [0.25, 0.3) is 21.8 Å². The number of thiophene rings is 1. The molecular weight excluding hydrogens is 498 g/mol. The van der Waals surface area contributed by atoms with Crippen LogP contribution in [0.4, 0.5) is 5.88 Å². The van der Waals surface area contributed by atoms with Crippen molar-refractivity contribution >= 4 is 39.1 Å². The van der Waals surface area contributed by atoms with E-state index in [2.05, 4.69) is 5.32 Å². The minimum Gasteiger partial charge on any atom is -0.395 e. The second-order valence-corrected chi connectivity index (χ2v) is 10.6. The number of rotatable bonds is 8. The molecule has 1 saturated heterocycles. The van der Waals surface area contributed by atoms with Gasteiger partial charge in [0.15, 0.2) is 11.9 Å². The Morgan fingerprint density at radius 3 is 2.60 bits per heavy atom. The number of nitrogens with zero attached hydrogens (tertiary/aromatic N) is 3. The highest BCUT2D eigenvalue weighted by Crippen LogP contribution is 2.29. The van der Waals surface area contributed by atoms with Crippen LogP contribution in [0.25, 0.3) is 0 Å². The minimum atomic E-state index is -4.10. The highest BCUT2D eigenvalue weighted by molar-refractivity contribution is 7.91. The van der Waals surface area contributed by atoms with Gasteiger partial charge < -0.3 is 20.4 Å². The number of carbonyl (C=O) groups excluding carboxylic acids is 2. The third kappa shape index (κ3) is 4.95. The zero-order valence-electron chi connectivity index (χ0n) is 18.2. The number of amides is 2. The van der Waals surface area contributed by atoms with Crippen LogP contribution in [0.15, 0.2) is 62.5 Å². The normalized spacial score (nSPS) is 16.4. The molecule has 1 fully saturated rings. The topological polar surface area (TPSA) is 169 Å². The van der Waals surface area contributed by atoms with E-state index in [0.29, 0.717) is 6.54 Å². The van der Waals surface area contributed by atoms with Gasteiger partial charge in [0.05, 0.1) is 6.07 Å². The molecule has 3 N–H and O–H groups in total. The van der Waals surface area contributed by atoms with Crippen LogP contribution in [-0.4, -0.2) is 53.6 Å². The van der Waals surface area contributed by atoms with Crippen LogP contribution < -0.4 is 11.1 Å². The van der Waals surface area contributed by atoms with Gasteiger partial charge in [-0.1, -0.05) is 30.3 Å². The van der Waals surface area contributed by atoms with Gasteiger partial charge in [-0.3, -0.25) is 19.7 Å². The number of hydrogen-bond acceptors (Lipinski definition) is 9. The molecule has 3 aromatic rings. The molecule has 0 aliphatic carbocycles. The number of benzene rings is 1. The van der Waals surface area contributed by atoms with Gasteiger partial charge in [-0.15, -0.1) is 11.3 Å². The number of nitro groups is 1. The van der Waals surface area contributed by atoms with Crippen LogP contribution in [0.3, 0.4) is 0 Å². The van der Waals surface area contributed by atoms with Gasteiger partial charge in [-0.25, -0.2) is 8.42 Å². The molecule has 12 nitrogen and oxygen atoms in total. The molecule has 14 heteroatoms. The first kappa shape index (κ1) is 24.5. The van der Waals surface area contributed by atoms with Gasteiger partial charge in [0.2, 0.25) is 0 Å². The Morgan fingerprint density at radius 1 is 1.17 bits per heavy atom. The van der Waals surface area contributed by atoms with Gasteiger partial charge in [0.1, 0.15) is 9.13 Å². The predicted octanol–water partition coefficient (Wildman–Crippen LogP) is 1.50. The predicted molar refractivity (Wildman–Crippen MR) is 125 cm³/mol. The summed E-state index contributed by atoms with van der Waals surface area (Å²) in [4.78, 5) is 37.6. The smallest absolute Gasteiger partial charge is 0.395 e. The van der Waals surface area contributed by atoms with E-state index in [9.17, 15) is 28.1 Å². The molecule has 1 unspecified atom stereocenters. The Morgan fingerprint density at radius 2 is 1.94 bits per heavy atom. The summed E-state index contributed by atoms with van der Waals surface area (Å²) in [5.41, 5.74) is 7.26. The lowest BCUT2D eigenvalue weighted by Crippen LogP contribution is -2.53. The fourth-order valence-electron chi connectivity index (χ4n) is 3.70. The van der Waals surface area contributed by atoms with Gasteiger partial charge >= 0.3 is 5.88 Å². The number of carbonyl (C=O) groups is 2. The number of furan rings is 1. The van der Waals surface area contributed by atoms with E-state index in [1.54, 1.807) is 29.6 Å². The molecule has 4 rings (SSSR count). The Bertz CT molecular complexity index is 1350. The van der Waals surface area contributed by atoms with Crippen molar-refractivity contribution in [2.45, 2.75) is 23.5 Å². The van der Waals surface area contributed by atoms with E-state index in [1.165, 1.54) is 6.07 Å². The summed E-state index contributed by atoms with van der Waals surface area (Å²) in [6.07, 6.45) is -1.52. The lowest BCUT2D eigenvalue weighted by atomic mass is 10.1. The Labute approximate surface area is 204 Å². The number of hydrogen-bond donors (Lipinski definition) is 2. The summed E-state index contributed by atoms with van der Waals surface area (Å²) >= 11 is 0.987. The van der Waals surface area contributed by atoms with E-state index in [4.69, 9.17) is 10.2 Å². The van der Waals surface area contributed by atoms with E-state index in [0.717, 1.165) is 43.8 Å². The third-order valence-electron chi connectivity index (χ3n) is 5.36. The van der Waals surface area contributed by atoms with Crippen LogP contribution in [0.2, 0.25) is 0 Å². The van der Waals surface area contributed by atoms with E-state index >= 15 is 0 Å². The molecule has 2 amide bonds. The first-order valence-corrected chi connectivity index (χ1v) is 12.7. The molecule has 1 atom stereocenters. The van der Waals surface area contributed by atoms with E-state index in [-0.39, 0.29) is 29.6 Å². The molecule has 1 aromatic carbocycles. The average molecular weight is 520 g/mol. The first-order valence-electron chi connectivity index (χ1n) is 10.4. The van der Waals surface area contributed by atoms with E-state index < -0.39 is 38.8 Å². The van der Waals surface area contributed by atoms with Crippen LogP contribution in [0.5, 0.6) is 0 Å². The van der Waals surface area contributed by atoms with Crippen molar-refractivity contribution in [3.63, 3.8) is 0 Å². The summed E-state index contributed by atoms with van der Waals surface area (Å²) in [5.74, 6) is -2.58. The van der Waals surface area contributed by atoms with Gasteiger partial charge in [-0.2, -0.15) is 4.31 Å². The quantitative estimate of drug-likeness (QED) is 0.333. The third-order valence-corrected chi connectivity index (χ3v) is 8.59. The fourth-order valence-corrected chi connectivity index (χ4v) is 6.36. The molecule has 1 aliphatic rings. The number of sulfonamides is 1. The number of nitrogens with two attached hydrogens (primary N) is 1. The molecule has 184 valence electrons. The van der Waals surface area contributed by atoms with Crippen LogP contribution in [-0.2, 0) is 27.9 Å². The van der Waals surface area contributed by atoms with Crippen molar-refractivity contribution < 1.29 is 27.3 Å². The average Bonchev–Trinajstić information content (AvgIpc) is 3.62. The van der Waals surface area contributed by atoms with Crippen LogP contribution in [0.1, 0.15) is 21.7 Å². The van der Waals surface area contributed by atoms with Crippen molar-refractivity contribution in [2.75, 3.05) is 13.1 Å². The first-order chi connectivity index (χ1) is 16.7. The summed E-state index contributed by atoms with van der Waals surface area (Å²) < 4.78 is 32.5. The molecule has 2 aromatic heterocycles. The Hall–Kier alpha value is -3.59. The standard InChI is InChI=1S/C21H21N5O7S2/c22-12-14-3-1-4-15(11-14)13-23-19(27)20-24(21(28)16-6-7-17(33-16)26(29)30)8-9-25(20)35(31,32)18-5-2-10-34-18/h1-7,10-11,20H,8-9,12-13,22H2,(H,23,27). The molecule has 3 heterocycles. The van der Waals surface area contributed by atoms with Gasteiger partial charge in [-0.05, 0) is 28.6 Å². The summed E-state index contributed by atoms with van der Waals surface area (Å²) in [6, 6.07) is 12.3. The molecule has 1 aliphatic heterocycles. The molecule has 0 spiro atoms. The Kier molecular flexibility index (Phi) is 6.98. The minimum absolute atomic E-state index is 0.0221. The summed E-state index contributed by atoms with van der Waals surface area (Å²) in [6.45, 7) is 0.132.